The monoisotopic (exact) mass is 396 g/mol. The average Bonchev–Trinajstić information content (AvgIpc) is 3.29. The molecule has 0 radical (unpaired) electrons. The summed E-state index contributed by atoms with van der Waals surface area (Å²) in [5.74, 6) is 0.661. The molecule has 3 aliphatic rings. The van der Waals surface area contributed by atoms with Crippen LogP contribution in [0.1, 0.15) is 37.1 Å². The van der Waals surface area contributed by atoms with Crippen molar-refractivity contribution < 1.29 is 17.7 Å². The zero-order chi connectivity index (χ0) is 19.2. The largest absolute Gasteiger partial charge is 0.360 e. The van der Waals surface area contributed by atoms with Gasteiger partial charge < -0.3 is 14.7 Å². The molecule has 3 heterocycles. The van der Waals surface area contributed by atoms with Crippen LogP contribution in [0.25, 0.3) is 0 Å². The van der Waals surface area contributed by atoms with Gasteiger partial charge in [0.15, 0.2) is 5.76 Å². The molecule has 8 nitrogen and oxygen atoms in total. The number of carbonyl (C=O) groups excluding carboxylic acids is 1. The second-order valence-electron chi connectivity index (χ2n) is 8.11. The van der Waals surface area contributed by atoms with E-state index >= 15 is 0 Å². The highest BCUT2D eigenvalue weighted by atomic mass is 32.2. The Hall–Kier alpha value is -1.45. The van der Waals surface area contributed by atoms with Crippen molar-refractivity contribution in [2.24, 2.45) is 11.3 Å². The van der Waals surface area contributed by atoms with E-state index in [1.807, 2.05) is 4.90 Å². The van der Waals surface area contributed by atoms with Crippen molar-refractivity contribution in [2.45, 2.75) is 44.4 Å². The predicted octanol–water partition coefficient (Wildman–Crippen LogP) is 0.904. The fourth-order valence-electron chi connectivity index (χ4n) is 4.72. The summed E-state index contributed by atoms with van der Waals surface area (Å²) < 4.78 is 32.6. The van der Waals surface area contributed by atoms with Crippen LogP contribution in [0.2, 0.25) is 0 Å². The minimum absolute atomic E-state index is 0.130. The van der Waals surface area contributed by atoms with Crippen molar-refractivity contribution in [1.82, 2.24) is 19.7 Å². The molecular weight excluding hydrogens is 368 g/mol. The molecule has 1 aromatic rings. The van der Waals surface area contributed by atoms with Gasteiger partial charge in [-0.1, -0.05) is 5.16 Å². The fourth-order valence-corrected chi connectivity index (χ4v) is 6.48. The number of amides is 1. The second-order valence-corrected chi connectivity index (χ2v) is 9.98. The lowest BCUT2D eigenvalue weighted by atomic mass is 9.91. The maximum atomic E-state index is 13.0. The number of hydrogen-bond donors (Lipinski definition) is 1. The number of carbonyl (C=O) groups is 1. The minimum atomic E-state index is -3.65. The third-order valence-corrected chi connectivity index (χ3v) is 8.56. The maximum Gasteiger partial charge on any atom is 0.248 e. The van der Waals surface area contributed by atoms with E-state index in [-0.39, 0.29) is 22.1 Å². The Morgan fingerprint density at radius 2 is 1.93 bits per heavy atom. The van der Waals surface area contributed by atoms with Crippen molar-refractivity contribution in [3.63, 3.8) is 0 Å². The first-order chi connectivity index (χ1) is 12.8. The Bertz CT molecular complexity index is 809. The summed E-state index contributed by atoms with van der Waals surface area (Å²) in [4.78, 5) is 15.0. The highest BCUT2D eigenvalue weighted by Crippen LogP contribution is 2.59. The SMILES string of the molecule is Cc1noc(C)c1S(=O)(=O)N1CCCN(C(=O)C2CC23CCNCC3)CC1. The van der Waals surface area contributed by atoms with E-state index in [1.54, 1.807) is 13.8 Å². The number of aromatic nitrogens is 1. The lowest BCUT2D eigenvalue weighted by Gasteiger charge is -2.26. The van der Waals surface area contributed by atoms with E-state index in [2.05, 4.69) is 10.5 Å². The topological polar surface area (TPSA) is 95.8 Å². The second kappa shape index (κ2) is 6.86. The van der Waals surface area contributed by atoms with Crippen LogP contribution in [0, 0.1) is 25.2 Å². The van der Waals surface area contributed by atoms with Crippen LogP contribution in [-0.2, 0) is 14.8 Å². The highest BCUT2D eigenvalue weighted by molar-refractivity contribution is 7.89. The Kier molecular flexibility index (Phi) is 4.80. The van der Waals surface area contributed by atoms with Gasteiger partial charge in [-0.3, -0.25) is 4.79 Å². The molecule has 1 saturated carbocycles. The zero-order valence-corrected chi connectivity index (χ0v) is 16.8. The van der Waals surface area contributed by atoms with E-state index in [0.717, 1.165) is 32.4 Å². The molecule has 1 aliphatic carbocycles. The van der Waals surface area contributed by atoms with Crippen LogP contribution in [0.3, 0.4) is 0 Å². The number of sulfonamides is 1. The molecule has 1 amide bonds. The third-order valence-electron chi connectivity index (χ3n) is 6.42. The number of hydrogen-bond acceptors (Lipinski definition) is 6. The number of nitrogens with one attached hydrogen (secondary N) is 1. The summed E-state index contributed by atoms with van der Waals surface area (Å²) in [7, 11) is -3.65. The first-order valence-electron chi connectivity index (χ1n) is 9.78. The van der Waals surface area contributed by atoms with Gasteiger partial charge in [-0.25, -0.2) is 8.42 Å². The summed E-state index contributed by atoms with van der Waals surface area (Å²) in [6.07, 6.45) is 3.79. The minimum Gasteiger partial charge on any atom is -0.360 e. The molecule has 1 spiro atoms. The molecule has 4 rings (SSSR count). The van der Waals surface area contributed by atoms with Gasteiger partial charge in [0.2, 0.25) is 15.9 Å². The van der Waals surface area contributed by atoms with Crippen molar-refractivity contribution >= 4 is 15.9 Å². The predicted molar refractivity (Wildman–Crippen MR) is 98.6 cm³/mol. The van der Waals surface area contributed by atoms with E-state index in [9.17, 15) is 13.2 Å². The molecule has 2 aliphatic heterocycles. The van der Waals surface area contributed by atoms with Crippen LogP contribution in [-0.4, -0.2) is 68.0 Å². The van der Waals surface area contributed by atoms with Gasteiger partial charge in [0.05, 0.1) is 0 Å². The molecule has 150 valence electrons. The van der Waals surface area contributed by atoms with Gasteiger partial charge >= 0.3 is 0 Å². The Morgan fingerprint density at radius 3 is 2.59 bits per heavy atom. The molecular formula is C18H28N4O4S. The molecule has 27 heavy (non-hydrogen) atoms. The summed E-state index contributed by atoms with van der Waals surface area (Å²) in [6.45, 7) is 7.05. The normalized spacial score (nSPS) is 26.1. The molecule has 2 saturated heterocycles. The van der Waals surface area contributed by atoms with Gasteiger partial charge in [0.25, 0.3) is 0 Å². The van der Waals surface area contributed by atoms with E-state index in [0.29, 0.717) is 44.1 Å². The standard InChI is InChI=1S/C18H28N4O4S/c1-13-16(14(2)26-20-13)27(24,25)22-9-3-8-21(10-11-22)17(23)15-12-18(15)4-6-19-7-5-18/h15,19H,3-12H2,1-2H3. The number of nitrogens with zero attached hydrogens (tertiary/aromatic N) is 3. The zero-order valence-electron chi connectivity index (χ0n) is 16.0. The summed E-state index contributed by atoms with van der Waals surface area (Å²) in [5.41, 5.74) is 0.590. The Morgan fingerprint density at radius 1 is 1.19 bits per heavy atom. The molecule has 1 unspecified atom stereocenters. The quantitative estimate of drug-likeness (QED) is 0.816. The van der Waals surface area contributed by atoms with E-state index < -0.39 is 10.0 Å². The smallest absolute Gasteiger partial charge is 0.248 e. The highest BCUT2D eigenvalue weighted by Gasteiger charge is 2.58. The third kappa shape index (κ3) is 3.30. The summed E-state index contributed by atoms with van der Waals surface area (Å²) >= 11 is 0. The molecule has 1 atom stereocenters. The van der Waals surface area contributed by atoms with Crippen molar-refractivity contribution in [2.75, 3.05) is 39.3 Å². The van der Waals surface area contributed by atoms with Gasteiger partial charge in [-0.2, -0.15) is 4.31 Å². The van der Waals surface area contributed by atoms with Crippen LogP contribution in [0.4, 0.5) is 0 Å². The lowest BCUT2D eigenvalue weighted by Crippen LogP contribution is -2.39. The van der Waals surface area contributed by atoms with Gasteiger partial charge in [0.1, 0.15) is 10.6 Å². The fraction of sp³-hybridized carbons (Fsp3) is 0.778. The van der Waals surface area contributed by atoms with Crippen molar-refractivity contribution in [1.29, 1.82) is 0 Å². The van der Waals surface area contributed by atoms with Crippen molar-refractivity contribution in [3.05, 3.63) is 11.5 Å². The van der Waals surface area contributed by atoms with Gasteiger partial charge in [-0.15, -0.1) is 0 Å². The van der Waals surface area contributed by atoms with Crippen LogP contribution >= 0.6 is 0 Å². The average molecular weight is 397 g/mol. The van der Waals surface area contributed by atoms with E-state index in [1.165, 1.54) is 4.31 Å². The number of piperidine rings is 1. The van der Waals surface area contributed by atoms with Crippen LogP contribution in [0.15, 0.2) is 9.42 Å². The molecule has 1 aromatic heterocycles. The molecule has 1 N–H and O–H groups in total. The molecule has 0 aromatic carbocycles. The number of rotatable bonds is 3. The van der Waals surface area contributed by atoms with Crippen LogP contribution < -0.4 is 5.32 Å². The first kappa shape index (κ1) is 18.9. The van der Waals surface area contributed by atoms with Crippen LogP contribution in [0.5, 0.6) is 0 Å². The summed E-state index contributed by atoms with van der Waals surface area (Å²) in [6, 6.07) is 0. The van der Waals surface area contributed by atoms with E-state index in [4.69, 9.17) is 4.52 Å². The first-order valence-corrected chi connectivity index (χ1v) is 11.2. The lowest BCUT2D eigenvalue weighted by molar-refractivity contribution is -0.133. The Balaban J connectivity index is 1.43. The Labute approximate surface area is 160 Å². The summed E-state index contributed by atoms with van der Waals surface area (Å²) in [5, 5.41) is 7.14. The number of aryl methyl sites for hydroxylation is 2. The maximum absolute atomic E-state index is 13.0. The molecule has 9 heteroatoms. The molecule has 0 bridgehead atoms. The van der Waals surface area contributed by atoms with Gasteiger partial charge in [0, 0.05) is 32.1 Å². The van der Waals surface area contributed by atoms with Gasteiger partial charge in [-0.05, 0) is 58.0 Å². The molecule has 3 fully saturated rings. The van der Waals surface area contributed by atoms with Crippen molar-refractivity contribution in [3.8, 4) is 0 Å².